The van der Waals surface area contributed by atoms with Gasteiger partial charge in [-0.2, -0.15) is 0 Å². The average Bonchev–Trinajstić information content (AvgIpc) is 3.38. The Morgan fingerprint density at radius 2 is 1.68 bits per heavy atom. The van der Waals surface area contributed by atoms with Crippen LogP contribution in [0.15, 0.2) is 18.2 Å². The summed E-state index contributed by atoms with van der Waals surface area (Å²) in [7, 11) is 0. The first kappa shape index (κ1) is 26.0. The average molecular weight is 502 g/mol. The van der Waals surface area contributed by atoms with E-state index in [0.717, 1.165) is 41.4 Å². The molecule has 4 aliphatic rings. The highest BCUT2D eigenvalue weighted by molar-refractivity contribution is 5.86. The molecule has 0 spiro atoms. The van der Waals surface area contributed by atoms with Crippen molar-refractivity contribution in [2.75, 3.05) is 0 Å². The monoisotopic (exact) mass is 501 g/mol. The molecule has 1 N–H and O–H groups in total. The van der Waals surface area contributed by atoms with Gasteiger partial charge in [-0.15, -0.1) is 0 Å². The second kappa shape index (κ2) is 9.45. The highest BCUT2D eigenvalue weighted by atomic mass is 14.8. The number of benzene rings is 1. The first-order valence-corrected chi connectivity index (χ1v) is 16.2. The van der Waals surface area contributed by atoms with E-state index in [9.17, 15) is 0 Å². The van der Waals surface area contributed by atoms with Crippen molar-refractivity contribution in [1.29, 1.82) is 0 Å². The summed E-state index contributed by atoms with van der Waals surface area (Å²) in [6, 6.07) is 7.24. The molecule has 0 bridgehead atoms. The number of hydrogen-bond acceptors (Lipinski definition) is 0. The number of nitrogens with one attached hydrogen (secondary N) is 1. The largest absolute Gasteiger partial charge is 0.358 e. The van der Waals surface area contributed by atoms with Gasteiger partial charge >= 0.3 is 0 Å². The second-order valence-corrected chi connectivity index (χ2v) is 15.6. The van der Waals surface area contributed by atoms with Crippen LogP contribution in [-0.2, 0) is 12.8 Å². The van der Waals surface area contributed by atoms with E-state index in [2.05, 4.69) is 71.6 Å². The summed E-state index contributed by atoms with van der Waals surface area (Å²) in [4.78, 5) is 3.89. The third-order valence-corrected chi connectivity index (χ3v) is 13.0. The Kier molecular flexibility index (Phi) is 6.64. The van der Waals surface area contributed by atoms with Crippen LogP contribution < -0.4 is 0 Å². The molecular formula is C36H55N. The Morgan fingerprint density at radius 1 is 0.892 bits per heavy atom. The van der Waals surface area contributed by atoms with E-state index in [0.29, 0.717) is 16.7 Å². The van der Waals surface area contributed by atoms with Gasteiger partial charge < -0.3 is 4.98 Å². The van der Waals surface area contributed by atoms with Gasteiger partial charge in [-0.25, -0.2) is 0 Å². The lowest BCUT2D eigenvalue weighted by molar-refractivity contribution is -0.103. The van der Waals surface area contributed by atoms with Crippen LogP contribution in [0.25, 0.3) is 10.9 Å². The van der Waals surface area contributed by atoms with Crippen LogP contribution in [0, 0.1) is 52.3 Å². The van der Waals surface area contributed by atoms with Gasteiger partial charge in [0.05, 0.1) is 0 Å². The summed E-state index contributed by atoms with van der Waals surface area (Å²) in [5, 5.41) is 1.54. The summed E-state index contributed by atoms with van der Waals surface area (Å²) >= 11 is 0. The summed E-state index contributed by atoms with van der Waals surface area (Å²) in [5.41, 5.74) is 7.24. The minimum atomic E-state index is 0.487. The van der Waals surface area contributed by atoms with E-state index < -0.39 is 0 Å². The van der Waals surface area contributed by atoms with E-state index in [1.54, 1.807) is 16.6 Å². The highest BCUT2D eigenvalue weighted by Crippen LogP contribution is 2.68. The van der Waals surface area contributed by atoms with Crippen LogP contribution in [0.2, 0.25) is 0 Å². The molecule has 4 aliphatic carbocycles. The minimum absolute atomic E-state index is 0.487. The molecule has 1 heterocycles. The molecule has 3 fully saturated rings. The van der Waals surface area contributed by atoms with Gasteiger partial charge in [-0.3, -0.25) is 0 Å². The van der Waals surface area contributed by atoms with Gasteiger partial charge in [0.2, 0.25) is 0 Å². The highest BCUT2D eigenvalue weighted by Gasteiger charge is 2.60. The fourth-order valence-electron chi connectivity index (χ4n) is 10.9. The Labute approximate surface area is 228 Å². The maximum absolute atomic E-state index is 3.89. The summed E-state index contributed by atoms with van der Waals surface area (Å²) in [5.74, 6) is 7.11. The molecule has 8 atom stereocenters. The number of hydrogen-bond donors (Lipinski definition) is 1. The molecule has 1 aromatic carbocycles. The Bertz CT molecular complexity index is 1120. The fraction of sp³-hybridized carbons (Fsp3) is 0.778. The van der Waals surface area contributed by atoms with E-state index in [4.69, 9.17) is 0 Å². The molecule has 1 nitrogen and oxygen atoms in total. The standard InChI is InChI=1S/C36H55N/c1-22(2)9-8-10-24(5)30-14-15-31-27-13-12-26-20-34-29(21-36(26,7)32(27)17-18-35(30,31)6)28-19-25(23(3)4)11-16-33(28)37-34/h11,16,19,22-24,26-27,30-32,37H,8-10,12-15,17-18,20-21H2,1-7H3. The molecule has 8 unspecified atom stereocenters. The van der Waals surface area contributed by atoms with Crippen LogP contribution in [0.4, 0.5) is 0 Å². The Hall–Kier alpha value is -1.24. The van der Waals surface area contributed by atoms with Crippen LogP contribution in [-0.4, -0.2) is 4.98 Å². The first-order chi connectivity index (χ1) is 17.6. The lowest BCUT2D eigenvalue weighted by atomic mass is 9.44. The second-order valence-electron chi connectivity index (χ2n) is 15.6. The van der Waals surface area contributed by atoms with Crippen molar-refractivity contribution in [3.05, 3.63) is 35.0 Å². The predicted molar refractivity (Wildman–Crippen MR) is 159 cm³/mol. The normalized spacial score (nSPS) is 37.9. The Balaban J connectivity index is 1.25. The molecule has 0 radical (unpaired) electrons. The maximum atomic E-state index is 3.89. The third kappa shape index (κ3) is 4.15. The quantitative estimate of drug-likeness (QED) is 0.405. The Morgan fingerprint density at radius 3 is 2.43 bits per heavy atom. The molecule has 3 saturated carbocycles. The molecule has 2 aromatic rings. The van der Waals surface area contributed by atoms with E-state index in [1.165, 1.54) is 81.7 Å². The number of aromatic nitrogens is 1. The summed E-state index contributed by atoms with van der Waals surface area (Å²) in [6.07, 6.45) is 15.9. The van der Waals surface area contributed by atoms with Crippen LogP contribution >= 0.6 is 0 Å². The molecule has 6 rings (SSSR count). The fourth-order valence-corrected chi connectivity index (χ4v) is 10.9. The minimum Gasteiger partial charge on any atom is -0.358 e. The van der Waals surface area contributed by atoms with Crippen LogP contribution in [0.3, 0.4) is 0 Å². The molecule has 37 heavy (non-hydrogen) atoms. The zero-order chi connectivity index (χ0) is 26.1. The molecule has 0 saturated heterocycles. The molecule has 1 heteroatoms. The van der Waals surface area contributed by atoms with Gasteiger partial charge in [0.15, 0.2) is 0 Å². The molecule has 0 aliphatic heterocycles. The lowest BCUT2D eigenvalue weighted by Gasteiger charge is -2.60. The molecular weight excluding hydrogens is 446 g/mol. The predicted octanol–water partition coefficient (Wildman–Crippen LogP) is 10.3. The van der Waals surface area contributed by atoms with Gasteiger partial charge in [-0.05, 0) is 133 Å². The van der Waals surface area contributed by atoms with Crippen molar-refractivity contribution in [2.45, 2.75) is 125 Å². The van der Waals surface area contributed by atoms with Crippen molar-refractivity contribution in [2.24, 2.45) is 52.3 Å². The SMILES string of the molecule is CC(C)CCCC(C)C1CCC2C3CCC4Cc5[nH]c6ccc(C(C)C)cc6c5CC4(C)C3CCC12C. The maximum Gasteiger partial charge on any atom is 0.0459 e. The third-order valence-electron chi connectivity index (χ3n) is 13.0. The van der Waals surface area contributed by atoms with E-state index >= 15 is 0 Å². The molecule has 204 valence electrons. The van der Waals surface area contributed by atoms with Crippen molar-refractivity contribution in [3.8, 4) is 0 Å². The van der Waals surface area contributed by atoms with Gasteiger partial charge in [-0.1, -0.05) is 73.8 Å². The number of rotatable bonds is 6. The van der Waals surface area contributed by atoms with Gasteiger partial charge in [0, 0.05) is 16.6 Å². The van der Waals surface area contributed by atoms with E-state index in [-0.39, 0.29) is 0 Å². The molecule has 0 amide bonds. The topological polar surface area (TPSA) is 15.8 Å². The number of H-pyrrole nitrogens is 1. The number of aromatic amines is 1. The van der Waals surface area contributed by atoms with Crippen molar-refractivity contribution < 1.29 is 0 Å². The van der Waals surface area contributed by atoms with Gasteiger partial charge in [0.25, 0.3) is 0 Å². The zero-order valence-corrected chi connectivity index (χ0v) is 25.1. The molecule has 1 aromatic heterocycles. The summed E-state index contributed by atoms with van der Waals surface area (Å²) < 4.78 is 0. The smallest absolute Gasteiger partial charge is 0.0459 e. The van der Waals surface area contributed by atoms with Crippen LogP contribution in [0.1, 0.15) is 129 Å². The van der Waals surface area contributed by atoms with Crippen molar-refractivity contribution in [3.63, 3.8) is 0 Å². The van der Waals surface area contributed by atoms with Crippen molar-refractivity contribution >= 4 is 10.9 Å². The number of fused-ring (bicyclic) bond motifs is 8. The first-order valence-electron chi connectivity index (χ1n) is 16.2. The lowest BCUT2D eigenvalue weighted by Crippen LogP contribution is -2.54. The summed E-state index contributed by atoms with van der Waals surface area (Å²) in [6.45, 7) is 17.6. The van der Waals surface area contributed by atoms with Gasteiger partial charge in [0.1, 0.15) is 0 Å². The van der Waals surface area contributed by atoms with E-state index in [1.807, 2.05) is 0 Å². The van der Waals surface area contributed by atoms with Crippen molar-refractivity contribution in [1.82, 2.24) is 4.98 Å². The zero-order valence-electron chi connectivity index (χ0n) is 25.1. The van der Waals surface area contributed by atoms with Crippen LogP contribution in [0.5, 0.6) is 0 Å².